The molecule has 1 aromatic heterocycles. The van der Waals surface area contributed by atoms with Crippen LogP contribution in [0.4, 0.5) is 11.5 Å². The summed E-state index contributed by atoms with van der Waals surface area (Å²) in [5.41, 5.74) is 5.64. The number of ether oxygens (including phenoxy) is 1. The van der Waals surface area contributed by atoms with E-state index in [0.717, 1.165) is 47.0 Å². The van der Waals surface area contributed by atoms with E-state index < -0.39 is 0 Å². The molecule has 0 saturated carbocycles. The zero-order valence-corrected chi connectivity index (χ0v) is 19.0. The largest absolute Gasteiger partial charge is 0.483 e. The first-order valence-corrected chi connectivity index (χ1v) is 11.2. The van der Waals surface area contributed by atoms with Crippen LogP contribution >= 0.6 is 0 Å². The minimum Gasteiger partial charge on any atom is -0.483 e. The second kappa shape index (κ2) is 9.81. The van der Waals surface area contributed by atoms with Crippen LogP contribution in [0.5, 0.6) is 5.75 Å². The molecule has 1 saturated heterocycles. The van der Waals surface area contributed by atoms with Crippen LogP contribution in [0.25, 0.3) is 11.3 Å². The number of aromatic nitrogens is 2. The lowest BCUT2D eigenvalue weighted by Crippen LogP contribution is -2.30. The average Bonchev–Trinajstić information content (AvgIpc) is 2.79. The summed E-state index contributed by atoms with van der Waals surface area (Å²) in [6.07, 6.45) is 3.70. The van der Waals surface area contributed by atoms with Crippen LogP contribution in [0.15, 0.2) is 48.5 Å². The fourth-order valence-corrected chi connectivity index (χ4v) is 4.26. The Labute approximate surface area is 189 Å². The molecule has 6 nitrogen and oxygen atoms in total. The average molecular weight is 431 g/mol. The highest BCUT2D eigenvalue weighted by atomic mass is 16.5. The molecule has 1 aliphatic heterocycles. The summed E-state index contributed by atoms with van der Waals surface area (Å²) in [5, 5.41) is 11.8. The molecule has 166 valence electrons. The maximum atomic E-state index is 12.5. The molecule has 0 bridgehead atoms. The maximum absolute atomic E-state index is 12.5. The summed E-state index contributed by atoms with van der Waals surface area (Å²) >= 11 is 0. The number of nitrogens with one attached hydrogen (secondary N) is 1. The van der Waals surface area contributed by atoms with Gasteiger partial charge in [-0.25, -0.2) is 0 Å². The monoisotopic (exact) mass is 430 g/mol. The van der Waals surface area contributed by atoms with E-state index in [1.807, 2.05) is 50.2 Å². The van der Waals surface area contributed by atoms with Crippen molar-refractivity contribution in [1.29, 1.82) is 0 Å². The van der Waals surface area contributed by atoms with Gasteiger partial charge >= 0.3 is 0 Å². The van der Waals surface area contributed by atoms with Crippen LogP contribution in [0.1, 0.15) is 36.0 Å². The number of nitrogens with zero attached hydrogens (tertiary/aromatic N) is 3. The quantitative estimate of drug-likeness (QED) is 0.591. The van der Waals surface area contributed by atoms with Crippen molar-refractivity contribution >= 4 is 17.4 Å². The third-order valence-electron chi connectivity index (χ3n) is 5.72. The summed E-state index contributed by atoms with van der Waals surface area (Å²) in [6.45, 7) is 8.08. The first kappa shape index (κ1) is 21.8. The van der Waals surface area contributed by atoms with Crippen LogP contribution in [0.3, 0.4) is 0 Å². The lowest BCUT2D eigenvalue weighted by Gasteiger charge is -2.27. The van der Waals surface area contributed by atoms with Crippen LogP contribution in [-0.4, -0.2) is 35.8 Å². The Morgan fingerprint density at radius 2 is 1.72 bits per heavy atom. The van der Waals surface area contributed by atoms with E-state index in [2.05, 4.69) is 39.5 Å². The van der Waals surface area contributed by atoms with Crippen molar-refractivity contribution in [2.75, 3.05) is 29.9 Å². The molecule has 1 aliphatic rings. The number of anilines is 2. The predicted molar refractivity (Wildman–Crippen MR) is 128 cm³/mol. The molecule has 0 atom stereocenters. The number of carbonyl (C=O) groups excluding carboxylic acids is 1. The third-order valence-corrected chi connectivity index (χ3v) is 5.72. The Bertz CT molecular complexity index is 1070. The van der Waals surface area contributed by atoms with Crippen molar-refractivity contribution in [3.05, 3.63) is 65.2 Å². The van der Waals surface area contributed by atoms with Gasteiger partial charge in [-0.1, -0.05) is 29.8 Å². The minimum atomic E-state index is -0.201. The zero-order valence-electron chi connectivity index (χ0n) is 19.0. The third kappa shape index (κ3) is 5.25. The summed E-state index contributed by atoms with van der Waals surface area (Å²) in [4.78, 5) is 14.8. The molecule has 3 aromatic rings. The molecule has 2 aromatic carbocycles. The molecular weight excluding hydrogens is 400 g/mol. The van der Waals surface area contributed by atoms with E-state index in [1.54, 1.807) is 0 Å². The normalized spacial score (nSPS) is 13.7. The molecular formula is C26H30N4O2. The van der Waals surface area contributed by atoms with Gasteiger partial charge in [0.25, 0.3) is 5.91 Å². The van der Waals surface area contributed by atoms with Gasteiger partial charge in [0.15, 0.2) is 12.4 Å². The fraction of sp³-hybridized carbons (Fsp3) is 0.346. The van der Waals surface area contributed by atoms with E-state index >= 15 is 0 Å². The number of aryl methyl sites for hydroxylation is 3. The maximum Gasteiger partial charge on any atom is 0.262 e. The molecule has 0 spiro atoms. The molecule has 2 heterocycles. The van der Waals surface area contributed by atoms with E-state index in [1.165, 1.54) is 24.8 Å². The number of benzene rings is 2. The van der Waals surface area contributed by atoms with E-state index in [-0.39, 0.29) is 12.5 Å². The number of rotatable bonds is 6. The predicted octanol–water partition coefficient (Wildman–Crippen LogP) is 5.08. The zero-order chi connectivity index (χ0) is 22.5. The molecule has 1 fully saturated rings. The Kier molecular flexibility index (Phi) is 6.69. The van der Waals surface area contributed by atoms with Crippen LogP contribution in [-0.2, 0) is 4.79 Å². The first-order chi connectivity index (χ1) is 15.5. The Balaban J connectivity index is 1.39. The van der Waals surface area contributed by atoms with Gasteiger partial charge in [-0.3, -0.25) is 4.79 Å². The van der Waals surface area contributed by atoms with Crippen LogP contribution in [0, 0.1) is 20.8 Å². The first-order valence-electron chi connectivity index (χ1n) is 11.2. The number of piperidine rings is 1. The molecule has 0 aliphatic carbocycles. The number of hydrogen-bond acceptors (Lipinski definition) is 5. The van der Waals surface area contributed by atoms with Crippen molar-refractivity contribution in [2.24, 2.45) is 0 Å². The van der Waals surface area contributed by atoms with Gasteiger partial charge in [0.2, 0.25) is 0 Å². The van der Waals surface area contributed by atoms with Gasteiger partial charge < -0.3 is 15.0 Å². The molecule has 32 heavy (non-hydrogen) atoms. The van der Waals surface area contributed by atoms with Crippen LogP contribution < -0.4 is 15.0 Å². The fourth-order valence-electron chi connectivity index (χ4n) is 4.26. The van der Waals surface area contributed by atoms with Gasteiger partial charge in [0.05, 0.1) is 5.69 Å². The van der Waals surface area contributed by atoms with Crippen LogP contribution in [0.2, 0.25) is 0 Å². The molecule has 1 N–H and O–H groups in total. The number of amides is 1. The van der Waals surface area contributed by atoms with Crippen molar-refractivity contribution in [3.63, 3.8) is 0 Å². The highest BCUT2D eigenvalue weighted by Crippen LogP contribution is 2.25. The van der Waals surface area contributed by atoms with Crippen molar-refractivity contribution < 1.29 is 9.53 Å². The Morgan fingerprint density at radius 3 is 2.41 bits per heavy atom. The molecule has 1 amide bonds. The minimum absolute atomic E-state index is 0.0424. The second-order valence-electron chi connectivity index (χ2n) is 8.47. The van der Waals surface area contributed by atoms with Gasteiger partial charge in [-0.15, -0.1) is 10.2 Å². The Hall–Kier alpha value is -3.41. The topological polar surface area (TPSA) is 67.3 Å². The summed E-state index contributed by atoms with van der Waals surface area (Å²) in [5.74, 6) is 1.49. The molecule has 4 rings (SSSR count). The van der Waals surface area contributed by atoms with E-state index in [0.29, 0.717) is 5.69 Å². The van der Waals surface area contributed by atoms with Crippen molar-refractivity contribution in [1.82, 2.24) is 10.2 Å². The van der Waals surface area contributed by atoms with Gasteiger partial charge in [0, 0.05) is 24.3 Å². The van der Waals surface area contributed by atoms with Gasteiger partial charge in [-0.05, 0) is 75.4 Å². The lowest BCUT2D eigenvalue weighted by atomic mass is 10.1. The number of carbonyl (C=O) groups is 1. The number of hydrogen-bond donors (Lipinski definition) is 1. The van der Waals surface area contributed by atoms with Gasteiger partial charge in [0.1, 0.15) is 5.75 Å². The SMILES string of the molecule is Cc1cc(C)c(OCC(=O)Nc2cccc(-c3ccc(N4CCCCC4)nn3)c2)c(C)c1. The van der Waals surface area contributed by atoms with E-state index in [9.17, 15) is 4.79 Å². The molecule has 0 unspecified atom stereocenters. The summed E-state index contributed by atoms with van der Waals surface area (Å²) in [7, 11) is 0. The molecule has 0 radical (unpaired) electrons. The van der Waals surface area contributed by atoms with Gasteiger partial charge in [-0.2, -0.15) is 0 Å². The second-order valence-corrected chi connectivity index (χ2v) is 8.47. The highest BCUT2D eigenvalue weighted by molar-refractivity contribution is 5.92. The molecule has 6 heteroatoms. The smallest absolute Gasteiger partial charge is 0.262 e. The standard InChI is InChI=1S/C26H30N4O2/c1-18-14-19(2)26(20(3)15-18)32-17-25(31)27-22-9-7-8-21(16-22)23-10-11-24(29-28-23)30-12-5-4-6-13-30/h7-11,14-16H,4-6,12-13,17H2,1-3H3,(H,27,31). The Morgan fingerprint density at radius 1 is 0.969 bits per heavy atom. The summed E-state index contributed by atoms with van der Waals surface area (Å²) in [6, 6.07) is 15.8. The van der Waals surface area contributed by atoms with Crippen molar-refractivity contribution in [2.45, 2.75) is 40.0 Å². The lowest BCUT2D eigenvalue weighted by molar-refractivity contribution is -0.118. The van der Waals surface area contributed by atoms with E-state index in [4.69, 9.17) is 4.74 Å². The highest BCUT2D eigenvalue weighted by Gasteiger charge is 2.13. The van der Waals surface area contributed by atoms with Crippen molar-refractivity contribution in [3.8, 4) is 17.0 Å². The summed E-state index contributed by atoms with van der Waals surface area (Å²) < 4.78 is 5.80.